The second kappa shape index (κ2) is 6.07. The third kappa shape index (κ3) is 3.21. The average Bonchev–Trinajstić information content (AvgIpc) is 2.82. The fraction of sp³-hybridized carbons (Fsp3) is 0.263. The Bertz CT molecular complexity index is 669. The number of rotatable bonds is 3. The molecule has 0 fully saturated rings. The standard InChI is InChI=1S/C19H20BrN/c1-14(2)10-16-11-17-8-9-21(19(17)18(20)12-16)13-15-6-4-3-5-7-15/h3-7,10-12H,8-9,13H2,1-2H3. The summed E-state index contributed by atoms with van der Waals surface area (Å²) in [6.07, 6.45) is 3.37. The van der Waals surface area contributed by atoms with E-state index in [1.165, 1.54) is 32.4 Å². The van der Waals surface area contributed by atoms with Crippen LogP contribution in [0.25, 0.3) is 6.08 Å². The monoisotopic (exact) mass is 341 g/mol. The van der Waals surface area contributed by atoms with Crippen LogP contribution in [0, 0.1) is 0 Å². The Morgan fingerprint density at radius 2 is 1.95 bits per heavy atom. The summed E-state index contributed by atoms with van der Waals surface area (Å²) in [6, 6.07) is 15.3. The van der Waals surface area contributed by atoms with Gasteiger partial charge in [0.25, 0.3) is 0 Å². The zero-order valence-electron chi connectivity index (χ0n) is 12.6. The molecule has 0 amide bonds. The van der Waals surface area contributed by atoms with Crippen molar-refractivity contribution >= 4 is 27.7 Å². The van der Waals surface area contributed by atoms with Crippen molar-refractivity contribution in [3.63, 3.8) is 0 Å². The number of hydrogen-bond acceptors (Lipinski definition) is 1. The van der Waals surface area contributed by atoms with Crippen molar-refractivity contribution in [1.29, 1.82) is 0 Å². The molecule has 0 saturated heterocycles. The van der Waals surface area contributed by atoms with E-state index in [4.69, 9.17) is 0 Å². The minimum absolute atomic E-state index is 0.981. The van der Waals surface area contributed by atoms with Crippen LogP contribution >= 0.6 is 15.9 Å². The molecule has 0 radical (unpaired) electrons. The molecule has 0 bridgehead atoms. The lowest BCUT2D eigenvalue weighted by atomic mass is 10.1. The van der Waals surface area contributed by atoms with Gasteiger partial charge in [-0.15, -0.1) is 0 Å². The SMILES string of the molecule is CC(C)=Cc1cc(Br)c2c(c1)CCN2Cc1ccccc1. The molecule has 0 atom stereocenters. The Labute approximate surface area is 135 Å². The fourth-order valence-corrected chi connectivity index (χ4v) is 3.74. The van der Waals surface area contributed by atoms with Crippen molar-refractivity contribution in [3.8, 4) is 0 Å². The average molecular weight is 342 g/mol. The first-order valence-corrected chi connectivity index (χ1v) is 8.19. The van der Waals surface area contributed by atoms with Crippen molar-refractivity contribution in [3.05, 3.63) is 69.2 Å². The molecule has 0 aromatic heterocycles. The van der Waals surface area contributed by atoms with Crippen molar-refractivity contribution in [1.82, 2.24) is 0 Å². The van der Waals surface area contributed by atoms with Gasteiger partial charge in [0.05, 0.1) is 5.69 Å². The Hall–Kier alpha value is -1.54. The van der Waals surface area contributed by atoms with Crippen LogP contribution in [0.15, 0.2) is 52.5 Å². The van der Waals surface area contributed by atoms with Crippen LogP contribution < -0.4 is 4.90 Å². The van der Waals surface area contributed by atoms with Crippen LogP contribution in [-0.2, 0) is 13.0 Å². The Kier molecular flexibility index (Phi) is 4.16. The summed E-state index contributed by atoms with van der Waals surface area (Å²) in [5, 5.41) is 0. The molecule has 1 heterocycles. The number of benzene rings is 2. The van der Waals surface area contributed by atoms with Gasteiger partial charge in [0.15, 0.2) is 0 Å². The van der Waals surface area contributed by atoms with Gasteiger partial charge in [-0.25, -0.2) is 0 Å². The van der Waals surface area contributed by atoms with Gasteiger partial charge in [-0.3, -0.25) is 0 Å². The number of fused-ring (bicyclic) bond motifs is 1. The topological polar surface area (TPSA) is 3.24 Å². The molecule has 21 heavy (non-hydrogen) atoms. The van der Waals surface area contributed by atoms with E-state index in [1.807, 2.05) is 0 Å². The maximum atomic E-state index is 3.77. The molecule has 2 heteroatoms. The van der Waals surface area contributed by atoms with E-state index in [9.17, 15) is 0 Å². The number of anilines is 1. The number of halogens is 1. The van der Waals surface area contributed by atoms with Gasteiger partial charge in [0.1, 0.15) is 0 Å². The molecule has 0 spiro atoms. The third-order valence-corrected chi connectivity index (χ3v) is 4.41. The molecule has 108 valence electrons. The van der Waals surface area contributed by atoms with Crippen LogP contribution in [0.5, 0.6) is 0 Å². The molecule has 1 nitrogen and oxygen atoms in total. The minimum atomic E-state index is 0.981. The highest BCUT2D eigenvalue weighted by Gasteiger charge is 2.22. The predicted molar refractivity (Wildman–Crippen MR) is 94.7 cm³/mol. The lowest BCUT2D eigenvalue weighted by Crippen LogP contribution is -2.19. The Morgan fingerprint density at radius 3 is 2.67 bits per heavy atom. The summed E-state index contributed by atoms with van der Waals surface area (Å²) in [7, 11) is 0. The lowest BCUT2D eigenvalue weighted by molar-refractivity contribution is 0.835. The molecule has 3 rings (SSSR count). The molecule has 2 aromatic rings. The van der Waals surface area contributed by atoms with Gasteiger partial charge >= 0.3 is 0 Å². The van der Waals surface area contributed by atoms with Gasteiger partial charge in [-0.05, 0) is 65.0 Å². The van der Waals surface area contributed by atoms with Crippen LogP contribution in [-0.4, -0.2) is 6.54 Å². The van der Waals surface area contributed by atoms with E-state index in [1.54, 1.807) is 0 Å². The van der Waals surface area contributed by atoms with E-state index in [2.05, 4.69) is 83.2 Å². The molecule has 2 aromatic carbocycles. The van der Waals surface area contributed by atoms with Crippen LogP contribution in [0.4, 0.5) is 5.69 Å². The van der Waals surface area contributed by atoms with Crippen molar-refractivity contribution in [2.24, 2.45) is 0 Å². The first-order valence-electron chi connectivity index (χ1n) is 7.39. The second-order valence-corrected chi connectivity index (χ2v) is 6.74. The predicted octanol–water partition coefficient (Wildman–Crippen LogP) is 5.44. The largest absolute Gasteiger partial charge is 0.366 e. The summed E-state index contributed by atoms with van der Waals surface area (Å²) >= 11 is 3.77. The highest BCUT2D eigenvalue weighted by Crippen LogP contribution is 2.37. The lowest BCUT2D eigenvalue weighted by Gasteiger charge is -2.21. The van der Waals surface area contributed by atoms with Gasteiger partial charge < -0.3 is 4.90 Å². The molecule has 1 aliphatic rings. The van der Waals surface area contributed by atoms with E-state index in [0.29, 0.717) is 0 Å². The molecular weight excluding hydrogens is 322 g/mol. The third-order valence-electron chi connectivity index (χ3n) is 3.80. The maximum Gasteiger partial charge on any atom is 0.0547 e. The number of hydrogen-bond donors (Lipinski definition) is 0. The minimum Gasteiger partial charge on any atom is -0.366 e. The quantitative estimate of drug-likeness (QED) is 0.718. The van der Waals surface area contributed by atoms with Crippen LogP contribution in [0.1, 0.15) is 30.5 Å². The molecule has 0 N–H and O–H groups in total. The number of nitrogens with zero attached hydrogens (tertiary/aromatic N) is 1. The molecule has 0 unspecified atom stereocenters. The first-order chi connectivity index (χ1) is 10.1. The molecule has 0 saturated carbocycles. The first kappa shape index (κ1) is 14.4. The van der Waals surface area contributed by atoms with Gasteiger partial charge in [-0.2, -0.15) is 0 Å². The van der Waals surface area contributed by atoms with Gasteiger partial charge in [0, 0.05) is 17.6 Å². The smallest absolute Gasteiger partial charge is 0.0547 e. The van der Waals surface area contributed by atoms with E-state index < -0.39 is 0 Å². The van der Waals surface area contributed by atoms with E-state index >= 15 is 0 Å². The van der Waals surface area contributed by atoms with Crippen molar-refractivity contribution in [2.75, 3.05) is 11.4 Å². The van der Waals surface area contributed by atoms with Gasteiger partial charge in [0.2, 0.25) is 0 Å². The van der Waals surface area contributed by atoms with Crippen molar-refractivity contribution in [2.45, 2.75) is 26.8 Å². The van der Waals surface area contributed by atoms with E-state index in [-0.39, 0.29) is 0 Å². The summed E-state index contributed by atoms with van der Waals surface area (Å²) in [4.78, 5) is 2.47. The van der Waals surface area contributed by atoms with Crippen LogP contribution in [0.2, 0.25) is 0 Å². The van der Waals surface area contributed by atoms with Crippen LogP contribution in [0.3, 0.4) is 0 Å². The highest BCUT2D eigenvalue weighted by molar-refractivity contribution is 9.10. The Morgan fingerprint density at radius 1 is 1.19 bits per heavy atom. The highest BCUT2D eigenvalue weighted by atomic mass is 79.9. The summed E-state index contributed by atoms with van der Waals surface area (Å²) in [5.41, 5.74) is 6.81. The Balaban J connectivity index is 1.90. The fourth-order valence-electron chi connectivity index (χ4n) is 2.97. The zero-order valence-corrected chi connectivity index (χ0v) is 14.2. The maximum absolute atomic E-state index is 3.77. The molecule has 0 aliphatic carbocycles. The molecule has 1 aliphatic heterocycles. The normalized spacial score (nSPS) is 13.2. The van der Waals surface area contributed by atoms with E-state index in [0.717, 1.165) is 19.5 Å². The summed E-state index contributed by atoms with van der Waals surface area (Å²) in [5.74, 6) is 0. The number of allylic oxidation sites excluding steroid dienone is 1. The van der Waals surface area contributed by atoms with Crippen molar-refractivity contribution < 1.29 is 0 Å². The molecular formula is C19H20BrN. The van der Waals surface area contributed by atoms with Gasteiger partial charge in [-0.1, -0.05) is 42.0 Å². The summed E-state index contributed by atoms with van der Waals surface area (Å²) in [6.45, 7) is 6.36. The zero-order chi connectivity index (χ0) is 14.8. The summed E-state index contributed by atoms with van der Waals surface area (Å²) < 4.78 is 1.21. The second-order valence-electron chi connectivity index (χ2n) is 5.89.